The lowest BCUT2D eigenvalue weighted by atomic mass is 10.3. The van der Waals surface area contributed by atoms with Crippen molar-refractivity contribution in [1.82, 2.24) is 20.4 Å². The van der Waals surface area contributed by atoms with Gasteiger partial charge < -0.3 is 10.6 Å². The molecule has 0 aliphatic carbocycles. The van der Waals surface area contributed by atoms with Crippen LogP contribution < -0.4 is 10.6 Å². The zero-order chi connectivity index (χ0) is 9.97. The van der Waals surface area contributed by atoms with Crippen LogP contribution in [-0.2, 0) is 13.1 Å². The summed E-state index contributed by atoms with van der Waals surface area (Å²) in [6.07, 6.45) is 1.06. The number of hydrogen-bond donors (Lipinski definition) is 2. The van der Waals surface area contributed by atoms with Crippen molar-refractivity contribution in [1.29, 1.82) is 0 Å². The van der Waals surface area contributed by atoms with E-state index in [4.69, 9.17) is 0 Å². The van der Waals surface area contributed by atoms with E-state index in [2.05, 4.69) is 15.7 Å². The van der Waals surface area contributed by atoms with Gasteiger partial charge >= 0.3 is 0 Å². The van der Waals surface area contributed by atoms with Gasteiger partial charge in [0, 0.05) is 20.1 Å². The van der Waals surface area contributed by atoms with Gasteiger partial charge in [0.05, 0.1) is 5.69 Å². The van der Waals surface area contributed by atoms with Crippen LogP contribution in [0.1, 0.15) is 22.6 Å². The van der Waals surface area contributed by atoms with Crippen molar-refractivity contribution in [3.05, 3.63) is 17.5 Å². The zero-order valence-corrected chi connectivity index (χ0v) is 8.21. The molecule has 0 atom stereocenters. The van der Waals surface area contributed by atoms with E-state index < -0.39 is 0 Å². The Hall–Kier alpha value is -1.36. The molecule has 14 heavy (non-hydrogen) atoms. The smallest absolute Gasteiger partial charge is 0.271 e. The Labute approximate surface area is 82.5 Å². The van der Waals surface area contributed by atoms with Crippen LogP contribution in [0.5, 0.6) is 0 Å². The molecule has 2 heterocycles. The van der Waals surface area contributed by atoms with Crippen LogP contribution >= 0.6 is 0 Å². The van der Waals surface area contributed by atoms with Crippen molar-refractivity contribution in [3.8, 4) is 0 Å². The van der Waals surface area contributed by atoms with Gasteiger partial charge in [-0.2, -0.15) is 5.10 Å². The molecule has 1 aliphatic heterocycles. The lowest BCUT2D eigenvalue weighted by Gasteiger charge is -1.98. The van der Waals surface area contributed by atoms with E-state index in [0.717, 1.165) is 31.7 Å². The van der Waals surface area contributed by atoms with Crippen LogP contribution in [0.2, 0.25) is 0 Å². The van der Waals surface area contributed by atoms with Gasteiger partial charge in [-0.05, 0) is 19.0 Å². The van der Waals surface area contributed by atoms with Gasteiger partial charge in [0.15, 0.2) is 0 Å². The summed E-state index contributed by atoms with van der Waals surface area (Å²) in [6.45, 7) is 2.70. The second-order valence-corrected chi connectivity index (χ2v) is 3.35. The van der Waals surface area contributed by atoms with Crippen LogP contribution in [0.4, 0.5) is 0 Å². The molecule has 1 aliphatic rings. The number of amides is 1. The molecule has 0 saturated heterocycles. The van der Waals surface area contributed by atoms with Crippen LogP contribution in [0.3, 0.4) is 0 Å². The van der Waals surface area contributed by atoms with Gasteiger partial charge in [-0.15, -0.1) is 0 Å². The van der Waals surface area contributed by atoms with Crippen molar-refractivity contribution in [2.75, 3.05) is 13.6 Å². The minimum atomic E-state index is -0.120. The first-order valence-electron chi connectivity index (χ1n) is 4.81. The first-order valence-corrected chi connectivity index (χ1v) is 4.81. The quantitative estimate of drug-likeness (QED) is 0.647. The van der Waals surface area contributed by atoms with Crippen molar-refractivity contribution in [3.63, 3.8) is 0 Å². The van der Waals surface area contributed by atoms with E-state index in [1.807, 2.05) is 10.7 Å². The summed E-state index contributed by atoms with van der Waals surface area (Å²) in [5.74, 6) is -0.120. The highest BCUT2D eigenvalue weighted by molar-refractivity contribution is 5.92. The highest BCUT2D eigenvalue weighted by Crippen LogP contribution is 2.07. The first kappa shape index (κ1) is 9.21. The summed E-state index contributed by atoms with van der Waals surface area (Å²) >= 11 is 0. The number of nitrogens with zero attached hydrogens (tertiary/aromatic N) is 2. The Morgan fingerprint density at radius 2 is 2.57 bits per heavy atom. The van der Waals surface area contributed by atoms with Crippen LogP contribution in [0.15, 0.2) is 6.07 Å². The van der Waals surface area contributed by atoms with Crippen molar-refractivity contribution in [2.45, 2.75) is 19.5 Å². The lowest BCUT2D eigenvalue weighted by molar-refractivity contribution is 0.0957. The number of hydrogen-bond acceptors (Lipinski definition) is 3. The predicted octanol–water partition coefficient (Wildman–Crippen LogP) is -0.264. The number of carbonyl (C=O) groups excluding carboxylic acids is 1. The monoisotopic (exact) mass is 194 g/mol. The number of aromatic nitrogens is 2. The fourth-order valence-corrected chi connectivity index (χ4v) is 1.60. The fourth-order valence-electron chi connectivity index (χ4n) is 1.60. The number of nitrogens with one attached hydrogen (secondary N) is 2. The SMILES string of the molecule is CNC(=O)c1cc2n(n1)CCCNC2. The number of aryl methyl sites for hydroxylation is 1. The Morgan fingerprint density at radius 1 is 1.71 bits per heavy atom. The molecule has 1 aromatic heterocycles. The molecule has 0 spiro atoms. The summed E-state index contributed by atoms with van der Waals surface area (Å²) in [5.41, 5.74) is 1.59. The Kier molecular flexibility index (Phi) is 2.49. The summed E-state index contributed by atoms with van der Waals surface area (Å²) in [6, 6.07) is 1.84. The summed E-state index contributed by atoms with van der Waals surface area (Å²) in [5, 5.41) is 10.1. The molecular weight excluding hydrogens is 180 g/mol. The first-order chi connectivity index (χ1) is 6.81. The van der Waals surface area contributed by atoms with E-state index in [0.29, 0.717) is 5.69 Å². The topological polar surface area (TPSA) is 59.0 Å². The van der Waals surface area contributed by atoms with Gasteiger partial charge in [0.1, 0.15) is 5.69 Å². The second kappa shape index (κ2) is 3.79. The highest BCUT2D eigenvalue weighted by Gasteiger charge is 2.14. The molecule has 76 valence electrons. The highest BCUT2D eigenvalue weighted by atomic mass is 16.1. The molecule has 5 heteroatoms. The second-order valence-electron chi connectivity index (χ2n) is 3.35. The number of fused-ring (bicyclic) bond motifs is 1. The molecule has 0 aromatic carbocycles. The number of carbonyl (C=O) groups is 1. The van der Waals surface area contributed by atoms with Crippen LogP contribution in [-0.4, -0.2) is 29.3 Å². The molecular formula is C9H14N4O. The minimum Gasteiger partial charge on any atom is -0.354 e. The minimum absolute atomic E-state index is 0.120. The maximum Gasteiger partial charge on any atom is 0.271 e. The molecule has 1 amide bonds. The van der Waals surface area contributed by atoms with Crippen LogP contribution in [0.25, 0.3) is 0 Å². The van der Waals surface area contributed by atoms with E-state index in [-0.39, 0.29) is 5.91 Å². The molecule has 1 aromatic rings. The molecule has 0 fully saturated rings. The fraction of sp³-hybridized carbons (Fsp3) is 0.556. The van der Waals surface area contributed by atoms with Gasteiger partial charge in [-0.1, -0.05) is 0 Å². The Bertz CT molecular complexity index is 321. The normalized spacial score (nSPS) is 15.8. The van der Waals surface area contributed by atoms with E-state index in [1.165, 1.54) is 0 Å². The van der Waals surface area contributed by atoms with Gasteiger partial charge in [-0.25, -0.2) is 0 Å². The average Bonchev–Trinajstić information content (AvgIpc) is 2.49. The molecule has 2 rings (SSSR count). The van der Waals surface area contributed by atoms with Gasteiger partial charge in [0.2, 0.25) is 0 Å². The standard InChI is InChI=1S/C9H14N4O/c1-10-9(14)8-5-7-6-11-3-2-4-13(7)12-8/h5,11H,2-4,6H2,1H3,(H,10,14). The van der Waals surface area contributed by atoms with E-state index in [1.54, 1.807) is 7.05 Å². The molecule has 2 N–H and O–H groups in total. The summed E-state index contributed by atoms with van der Waals surface area (Å²) in [4.78, 5) is 11.3. The third-order valence-electron chi connectivity index (χ3n) is 2.35. The maximum absolute atomic E-state index is 11.3. The average molecular weight is 194 g/mol. The lowest BCUT2D eigenvalue weighted by Crippen LogP contribution is -2.18. The molecule has 0 saturated carbocycles. The largest absolute Gasteiger partial charge is 0.354 e. The predicted molar refractivity (Wildman–Crippen MR) is 51.9 cm³/mol. The van der Waals surface area contributed by atoms with E-state index in [9.17, 15) is 4.79 Å². The molecule has 5 nitrogen and oxygen atoms in total. The number of rotatable bonds is 1. The summed E-state index contributed by atoms with van der Waals surface area (Å²) in [7, 11) is 1.62. The Morgan fingerprint density at radius 3 is 3.36 bits per heavy atom. The third-order valence-corrected chi connectivity index (χ3v) is 2.35. The van der Waals surface area contributed by atoms with Gasteiger partial charge in [0.25, 0.3) is 5.91 Å². The van der Waals surface area contributed by atoms with Crippen LogP contribution in [0, 0.1) is 0 Å². The van der Waals surface area contributed by atoms with Crippen molar-refractivity contribution >= 4 is 5.91 Å². The van der Waals surface area contributed by atoms with Crippen molar-refractivity contribution in [2.24, 2.45) is 0 Å². The molecule has 0 unspecified atom stereocenters. The Balaban J connectivity index is 2.26. The molecule has 0 bridgehead atoms. The van der Waals surface area contributed by atoms with Crippen molar-refractivity contribution < 1.29 is 4.79 Å². The van der Waals surface area contributed by atoms with Gasteiger partial charge in [-0.3, -0.25) is 9.48 Å². The third kappa shape index (κ3) is 1.63. The zero-order valence-electron chi connectivity index (χ0n) is 8.21. The van der Waals surface area contributed by atoms with E-state index >= 15 is 0 Å². The summed E-state index contributed by atoms with van der Waals surface area (Å²) < 4.78 is 1.91. The molecule has 0 radical (unpaired) electrons. The maximum atomic E-state index is 11.3.